The summed E-state index contributed by atoms with van der Waals surface area (Å²) < 4.78 is 5.80. The summed E-state index contributed by atoms with van der Waals surface area (Å²) in [6.07, 6.45) is 3.76. The third-order valence-corrected chi connectivity index (χ3v) is 7.51. The van der Waals surface area contributed by atoms with Crippen molar-refractivity contribution in [2.45, 2.75) is 25.9 Å². The monoisotopic (exact) mass is 541 g/mol. The third-order valence-electron chi connectivity index (χ3n) is 5.89. The van der Waals surface area contributed by atoms with Crippen molar-refractivity contribution in [1.82, 2.24) is 9.91 Å². The maximum absolute atomic E-state index is 12.7. The molecule has 2 amide bonds. The standard InChI is InChI=1S/C25H21Cl2N5O3S/c26-19-4-3-5-20(27)18(19)14-35-16-8-6-15(7-9-16)12-17-23(28)32-25(29-24(17)34)36-21(30-32)13-22(33)31-10-1-2-11-31/h3-9,12,28H,1-2,10-11,13-14H2/b17-12-,28-23?. The van der Waals surface area contributed by atoms with Crippen molar-refractivity contribution < 1.29 is 14.3 Å². The predicted molar refractivity (Wildman–Crippen MR) is 143 cm³/mol. The van der Waals surface area contributed by atoms with Crippen LogP contribution in [0, 0.1) is 5.41 Å². The number of carbonyl (C=O) groups is 2. The number of fused-ring (bicyclic) bond motifs is 1. The lowest BCUT2D eigenvalue weighted by Gasteiger charge is -2.20. The highest BCUT2D eigenvalue weighted by Gasteiger charge is 2.36. The molecule has 2 aromatic carbocycles. The number of thioether (sulfide) groups is 1. The molecule has 0 unspecified atom stereocenters. The van der Waals surface area contributed by atoms with E-state index in [1.165, 1.54) is 5.01 Å². The Morgan fingerprint density at radius 3 is 2.50 bits per heavy atom. The number of amidine groups is 2. The van der Waals surface area contributed by atoms with Crippen LogP contribution in [0.5, 0.6) is 5.75 Å². The van der Waals surface area contributed by atoms with E-state index in [9.17, 15) is 9.59 Å². The van der Waals surface area contributed by atoms with Crippen LogP contribution in [0.25, 0.3) is 6.08 Å². The molecule has 0 saturated carbocycles. The van der Waals surface area contributed by atoms with Gasteiger partial charge in [0.25, 0.3) is 5.91 Å². The Kier molecular flexibility index (Phi) is 7.13. The number of nitrogens with one attached hydrogen (secondary N) is 1. The van der Waals surface area contributed by atoms with E-state index < -0.39 is 5.91 Å². The van der Waals surface area contributed by atoms with Crippen molar-refractivity contribution in [2.75, 3.05) is 13.1 Å². The molecule has 1 fully saturated rings. The molecule has 0 atom stereocenters. The first-order valence-corrected chi connectivity index (χ1v) is 12.9. The normalized spacial score (nSPS) is 18.4. The summed E-state index contributed by atoms with van der Waals surface area (Å²) in [5, 5.41) is 16.1. The van der Waals surface area contributed by atoms with Crippen molar-refractivity contribution in [3.63, 3.8) is 0 Å². The first-order chi connectivity index (χ1) is 17.4. The van der Waals surface area contributed by atoms with Crippen LogP contribution in [0.1, 0.15) is 30.4 Å². The third kappa shape index (κ3) is 5.18. The van der Waals surface area contributed by atoms with E-state index in [0.717, 1.165) is 37.7 Å². The van der Waals surface area contributed by atoms with Gasteiger partial charge < -0.3 is 9.64 Å². The lowest BCUT2D eigenvalue weighted by Crippen LogP contribution is -2.35. The van der Waals surface area contributed by atoms with Crippen molar-refractivity contribution in [1.29, 1.82) is 5.41 Å². The summed E-state index contributed by atoms with van der Waals surface area (Å²) in [4.78, 5) is 31.0. The zero-order valence-electron chi connectivity index (χ0n) is 19.0. The largest absolute Gasteiger partial charge is 0.489 e. The highest BCUT2D eigenvalue weighted by atomic mass is 35.5. The molecule has 3 aliphatic heterocycles. The molecule has 0 bridgehead atoms. The van der Waals surface area contributed by atoms with Crippen LogP contribution in [0.4, 0.5) is 0 Å². The number of nitrogens with zero attached hydrogens (tertiary/aromatic N) is 4. The zero-order chi connectivity index (χ0) is 25.2. The van der Waals surface area contributed by atoms with E-state index in [4.69, 9.17) is 33.3 Å². The average molecular weight is 542 g/mol. The minimum Gasteiger partial charge on any atom is -0.489 e. The fraction of sp³-hybridized carbons (Fsp3) is 0.240. The summed E-state index contributed by atoms with van der Waals surface area (Å²) in [6, 6.07) is 12.3. The van der Waals surface area contributed by atoms with Gasteiger partial charge in [0.1, 0.15) is 17.4 Å². The van der Waals surface area contributed by atoms with E-state index in [2.05, 4.69) is 10.1 Å². The molecule has 0 aliphatic carbocycles. The maximum Gasteiger partial charge on any atom is 0.283 e. The van der Waals surface area contributed by atoms with Crippen LogP contribution in [-0.4, -0.2) is 50.9 Å². The van der Waals surface area contributed by atoms with Gasteiger partial charge in [-0.1, -0.05) is 41.4 Å². The van der Waals surface area contributed by atoms with Gasteiger partial charge in [-0.25, -0.2) is 0 Å². The molecule has 184 valence electrons. The first kappa shape index (κ1) is 24.5. The second-order valence-electron chi connectivity index (χ2n) is 8.34. The van der Waals surface area contributed by atoms with Crippen molar-refractivity contribution >= 4 is 68.9 Å². The van der Waals surface area contributed by atoms with Gasteiger partial charge in [0.2, 0.25) is 11.1 Å². The number of rotatable bonds is 6. The molecular weight excluding hydrogens is 521 g/mol. The first-order valence-electron chi connectivity index (χ1n) is 11.3. The van der Waals surface area contributed by atoms with Crippen LogP contribution >= 0.6 is 35.0 Å². The van der Waals surface area contributed by atoms with Crippen LogP contribution in [0.2, 0.25) is 10.0 Å². The highest BCUT2D eigenvalue weighted by Crippen LogP contribution is 2.30. The summed E-state index contributed by atoms with van der Waals surface area (Å²) in [7, 11) is 0. The average Bonchev–Trinajstić information content (AvgIpc) is 3.53. The lowest BCUT2D eigenvalue weighted by molar-refractivity contribution is -0.128. The minimum absolute atomic E-state index is 0.00642. The summed E-state index contributed by atoms with van der Waals surface area (Å²) in [6.45, 7) is 1.74. The van der Waals surface area contributed by atoms with Crippen LogP contribution in [0.15, 0.2) is 58.1 Å². The van der Waals surface area contributed by atoms with Crippen molar-refractivity contribution in [2.24, 2.45) is 10.1 Å². The Bertz CT molecular complexity index is 1310. The van der Waals surface area contributed by atoms with E-state index in [0.29, 0.717) is 37.1 Å². The Morgan fingerprint density at radius 1 is 1.11 bits per heavy atom. The van der Waals surface area contributed by atoms with Gasteiger partial charge in [-0.3, -0.25) is 15.0 Å². The number of hydrogen-bond acceptors (Lipinski definition) is 6. The van der Waals surface area contributed by atoms with Crippen molar-refractivity contribution in [3.8, 4) is 5.75 Å². The quantitative estimate of drug-likeness (QED) is 0.506. The molecule has 0 radical (unpaired) electrons. The number of aliphatic imine (C=N–C) groups is 1. The summed E-state index contributed by atoms with van der Waals surface area (Å²) in [5.74, 6) is 0.0165. The predicted octanol–water partition coefficient (Wildman–Crippen LogP) is 5.20. The van der Waals surface area contributed by atoms with E-state index in [1.807, 2.05) is 4.90 Å². The Morgan fingerprint density at radius 2 is 1.81 bits per heavy atom. The number of halogens is 2. The van der Waals surface area contributed by atoms with Gasteiger partial charge in [0.15, 0.2) is 5.84 Å². The molecule has 5 rings (SSSR count). The van der Waals surface area contributed by atoms with E-state index in [1.54, 1.807) is 48.5 Å². The summed E-state index contributed by atoms with van der Waals surface area (Å²) in [5.41, 5.74) is 1.52. The van der Waals surface area contributed by atoms with Gasteiger partial charge in [-0.05, 0) is 60.5 Å². The molecule has 3 heterocycles. The second kappa shape index (κ2) is 10.5. The van der Waals surface area contributed by atoms with Crippen molar-refractivity contribution in [3.05, 3.63) is 69.2 Å². The van der Waals surface area contributed by atoms with Crippen LogP contribution in [0.3, 0.4) is 0 Å². The number of likely N-dealkylation sites (tertiary alicyclic amines) is 1. The number of amides is 2. The molecule has 3 aliphatic rings. The van der Waals surface area contributed by atoms with Gasteiger partial charge in [-0.2, -0.15) is 15.1 Å². The number of hydrazone groups is 1. The SMILES string of the molecule is N=C1/C(=C/c2ccc(OCc3c(Cl)cccc3Cl)cc2)C(=O)N=C2SC(CC(=O)N3CCCC3)=NN12. The summed E-state index contributed by atoms with van der Waals surface area (Å²) >= 11 is 13.5. The number of benzene rings is 2. The van der Waals surface area contributed by atoms with Gasteiger partial charge in [-0.15, -0.1) is 0 Å². The maximum atomic E-state index is 12.7. The number of ether oxygens (including phenoxy) is 1. The highest BCUT2D eigenvalue weighted by molar-refractivity contribution is 8.27. The number of carbonyl (C=O) groups excluding carboxylic acids is 2. The fourth-order valence-corrected chi connectivity index (χ4v) is 5.35. The molecule has 0 spiro atoms. The van der Waals surface area contributed by atoms with Gasteiger partial charge in [0, 0.05) is 28.7 Å². The second-order valence-corrected chi connectivity index (χ2v) is 10.2. The molecule has 36 heavy (non-hydrogen) atoms. The van der Waals surface area contributed by atoms with Gasteiger partial charge in [0.05, 0.1) is 12.0 Å². The Labute approximate surface area is 222 Å². The molecule has 1 N–H and O–H groups in total. The Balaban J connectivity index is 1.26. The lowest BCUT2D eigenvalue weighted by atomic mass is 10.1. The minimum atomic E-state index is -0.519. The fourth-order valence-electron chi connectivity index (χ4n) is 3.96. The topological polar surface area (TPSA) is 98.4 Å². The molecule has 0 aromatic heterocycles. The van der Waals surface area contributed by atoms with E-state index >= 15 is 0 Å². The van der Waals surface area contributed by atoms with Crippen LogP contribution < -0.4 is 4.74 Å². The number of hydrogen-bond donors (Lipinski definition) is 1. The molecule has 11 heteroatoms. The van der Waals surface area contributed by atoms with Crippen LogP contribution in [-0.2, 0) is 16.2 Å². The molecule has 1 saturated heterocycles. The molecule has 2 aromatic rings. The van der Waals surface area contributed by atoms with Gasteiger partial charge >= 0.3 is 0 Å². The zero-order valence-corrected chi connectivity index (χ0v) is 21.4. The molecular formula is C25H21Cl2N5O3S. The Hall–Kier alpha value is -3.14. The smallest absolute Gasteiger partial charge is 0.283 e. The molecule has 8 nitrogen and oxygen atoms in total. The van der Waals surface area contributed by atoms with E-state index in [-0.39, 0.29) is 30.3 Å².